The second-order valence-corrected chi connectivity index (χ2v) is 5.14. The fourth-order valence-corrected chi connectivity index (χ4v) is 2.92. The van der Waals surface area contributed by atoms with Crippen molar-refractivity contribution in [1.29, 1.82) is 0 Å². The van der Waals surface area contributed by atoms with Gasteiger partial charge >= 0.3 is 0 Å². The van der Waals surface area contributed by atoms with E-state index in [0.29, 0.717) is 0 Å². The van der Waals surface area contributed by atoms with Crippen LogP contribution >= 0.6 is 0 Å². The molecule has 0 bridgehead atoms. The zero-order valence-electron chi connectivity index (χ0n) is 11.4. The molecule has 1 aromatic carbocycles. The second-order valence-electron chi connectivity index (χ2n) is 5.14. The van der Waals surface area contributed by atoms with Gasteiger partial charge in [0, 0.05) is 11.6 Å². The first-order valence-electron chi connectivity index (χ1n) is 6.86. The van der Waals surface area contributed by atoms with Gasteiger partial charge in [-0.25, -0.2) is 0 Å². The van der Waals surface area contributed by atoms with E-state index in [-0.39, 0.29) is 12.1 Å². The summed E-state index contributed by atoms with van der Waals surface area (Å²) >= 11 is 0. The Morgan fingerprint density at radius 3 is 2.44 bits per heavy atom. The Balaban J connectivity index is 2.28. The molecule has 2 atom stereocenters. The topological polar surface area (TPSA) is 38.5 Å². The third kappa shape index (κ3) is 2.85. The van der Waals surface area contributed by atoms with E-state index >= 15 is 0 Å². The van der Waals surface area contributed by atoms with E-state index in [2.05, 4.69) is 24.0 Å². The predicted octanol–water partition coefficient (Wildman–Crippen LogP) is 2.57. The van der Waals surface area contributed by atoms with E-state index < -0.39 is 0 Å². The lowest BCUT2D eigenvalue weighted by Gasteiger charge is -2.37. The van der Waals surface area contributed by atoms with Gasteiger partial charge in [-0.3, -0.25) is 4.90 Å². The molecule has 18 heavy (non-hydrogen) atoms. The number of hydrogen-bond donors (Lipinski definition) is 1. The molecule has 1 aliphatic heterocycles. The minimum Gasteiger partial charge on any atom is -0.496 e. The lowest BCUT2D eigenvalue weighted by Crippen LogP contribution is -2.42. The van der Waals surface area contributed by atoms with Crippen LogP contribution < -0.4 is 10.5 Å². The maximum Gasteiger partial charge on any atom is 0.123 e. The van der Waals surface area contributed by atoms with Gasteiger partial charge in [-0.2, -0.15) is 0 Å². The number of piperidine rings is 1. The summed E-state index contributed by atoms with van der Waals surface area (Å²) in [5, 5.41) is 0. The molecule has 1 saturated heterocycles. The van der Waals surface area contributed by atoms with Crippen LogP contribution in [0.1, 0.15) is 37.8 Å². The second kappa shape index (κ2) is 6.21. The number of nitrogens with two attached hydrogens (primary N) is 1. The molecule has 0 saturated carbocycles. The summed E-state index contributed by atoms with van der Waals surface area (Å²) in [5.74, 6) is 0.949. The summed E-state index contributed by atoms with van der Waals surface area (Å²) in [5.41, 5.74) is 7.45. The van der Waals surface area contributed by atoms with Crippen molar-refractivity contribution in [1.82, 2.24) is 4.90 Å². The Hall–Kier alpha value is -1.06. The summed E-state index contributed by atoms with van der Waals surface area (Å²) in [6.45, 7) is 4.38. The van der Waals surface area contributed by atoms with Crippen LogP contribution in [-0.4, -0.2) is 31.1 Å². The number of hydrogen-bond acceptors (Lipinski definition) is 3. The molecule has 0 amide bonds. The van der Waals surface area contributed by atoms with Crippen LogP contribution in [0.25, 0.3) is 0 Å². The number of rotatable bonds is 4. The molecule has 0 aromatic heterocycles. The van der Waals surface area contributed by atoms with Crippen LogP contribution in [-0.2, 0) is 0 Å². The van der Waals surface area contributed by atoms with E-state index in [9.17, 15) is 0 Å². The van der Waals surface area contributed by atoms with E-state index in [0.717, 1.165) is 18.8 Å². The predicted molar refractivity (Wildman–Crippen MR) is 74.8 cm³/mol. The molecular formula is C15H24N2O. The van der Waals surface area contributed by atoms with Gasteiger partial charge in [-0.05, 0) is 38.9 Å². The molecule has 1 fully saturated rings. The minimum absolute atomic E-state index is 0.111. The highest BCUT2D eigenvalue weighted by molar-refractivity contribution is 5.36. The number of benzene rings is 1. The number of para-hydroxylation sites is 1. The molecule has 1 aliphatic rings. The van der Waals surface area contributed by atoms with Gasteiger partial charge in [0.25, 0.3) is 0 Å². The maximum absolute atomic E-state index is 6.23. The smallest absolute Gasteiger partial charge is 0.123 e. The number of methoxy groups -OCH3 is 1. The molecule has 3 nitrogen and oxygen atoms in total. The van der Waals surface area contributed by atoms with E-state index in [1.54, 1.807) is 7.11 Å². The maximum atomic E-state index is 6.23. The van der Waals surface area contributed by atoms with Gasteiger partial charge < -0.3 is 10.5 Å². The molecule has 1 heterocycles. The average Bonchev–Trinajstić information content (AvgIpc) is 2.40. The van der Waals surface area contributed by atoms with Gasteiger partial charge in [0.1, 0.15) is 5.75 Å². The van der Waals surface area contributed by atoms with Crippen LogP contribution in [0.5, 0.6) is 5.75 Å². The zero-order valence-corrected chi connectivity index (χ0v) is 11.4. The minimum atomic E-state index is 0.111. The van der Waals surface area contributed by atoms with Gasteiger partial charge in [0.2, 0.25) is 0 Å². The number of likely N-dealkylation sites (tertiary alicyclic amines) is 1. The molecule has 3 heteroatoms. The number of ether oxygens (including phenoxy) is 1. The van der Waals surface area contributed by atoms with Crippen LogP contribution in [0.3, 0.4) is 0 Å². The van der Waals surface area contributed by atoms with Crippen molar-refractivity contribution < 1.29 is 4.74 Å². The molecule has 0 radical (unpaired) electrons. The first kappa shape index (κ1) is 13.4. The van der Waals surface area contributed by atoms with Gasteiger partial charge in [-0.1, -0.05) is 24.6 Å². The van der Waals surface area contributed by atoms with Crippen LogP contribution in [0.15, 0.2) is 24.3 Å². The Morgan fingerprint density at radius 1 is 1.17 bits per heavy atom. The van der Waals surface area contributed by atoms with Crippen LogP contribution in [0.2, 0.25) is 0 Å². The van der Waals surface area contributed by atoms with Crippen molar-refractivity contribution in [2.75, 3.05) is 20.2 Å². The summed E-state index contributed by atoms with van der Waals surface area (Å²) in [4.78, 5) is 2.51. The van der Waals surface area contributed by atoms with E-state index in [4.69, 9.17) is 10.5 Å². The molecule has 100 valence electrons. The van der Waals surface area contributed by atoms with Crippen molar-refractivity contribution in [2.45, 2.75) is 38.3 Å². The summed E-state index contributed by atoms with van der Waals surface area (Å²) in [6, 6.07) is 8.62. The monoisotopic (exact) mass is 248 g/mol. The summed E-state index contributed by atoms with van der Waals surface area (Å²) in [6.07, 6.45) is 3.89. The Kier molecular flexibility index (Phi) is 4.61. The number of nitrogens with zero attached hydrogens (tertiary/aromatic N) is 1. The quantitative estimate of drug-likeness (QED) is 0.890. The summed E-state index contributed by atoms with van der Waals surface area (Å²) in [7, 11) is 1.73. The SMILES string of the molecule is COc1ccccc1C(C(C)N)N1CCCCC1. The highest BCUT2D eigenvalue weighted by Gasteiger charge is 2.27. The summed E-state index contributed by atoms with van der Waals surface area (Å²) < 4.78 is 5.49. The first-order chi connectivity index (χ1) is 8.74. The molecule has 2 unspecified atom stereocenters. The van der Waals surface area contributed by atoms with E-state index in [1.807, 2.05) is 12.1 Å². The normalized spacial score (nSPS) is 20.4. The fourth-order valence-electron chi connectivity index (χ4n) is 2.92. The highest BCUT2D eigenvalue weighted by Crippen LogP contribution is 2.32. The average molecular weight is 248 g/mol. The molecule has 1 aromatic rings. The third-order valence-corrected chi connectivity index (χ3v) is 3.74. The Morgan fingerprint density at radius 2 is 1.83 bits per heavy atom. The highest BCUT2D eigenvalue weighted by atomic mass is 16.5. The zero-order chi connectivity index (χ0) is 13.0. The van der Waals surface area contributed by atoms with Gasteiger partial charge in [0.05, 0.1) is 13.2 Å². The fraction of sp³-hybridized carbons (Fsp3) is 0.600. The molecule has 0 aliphatic carbocycles. The third-order valence-electron chi connectivity index (χ3n) is 3.74. The van der Waals surface area contributed by atoms with Crippen molar-refractivity contribution in [3.8, 4) is 5.75 Å². The van der Waals surface area contributed by atoms with Gasteiger partial charge in [-0.15, -0.1) is 0 Å². The van der Waals surface area contributed by atoms with E-state index in [1.165, 1.54) is 24.8 Å². The van der Waals surface area contributed by atoms with Crippen molar-refractivity contribution in [2.24, 2.45) is 5.73 Å². The van der Waals surface area contributed by atoms with Crippen LogP contribution in [0, 0.1) is 0 Å². The van der Waals surface area contributed by atoms with Crippen molar-refractivity contribution in [3.63, 3.8) is 0 Å². The lowest BCUT2D eigenvalue weighted by molar-refractivity contribution is 0.144. The first-order valence-corrected chi connectivity index (χ1v) is 6.86. The Labute approximate surface area is 110 Å². The molecular weight excluding hydrogens is 224 g/mol. The lowest BCUT2D eigenvalue weighted by atomic mass is 9.96. The largest absolute Gasteiger partial charge is 0.496 e. The van der Waals surface area contributed by atoms with Gasteiger partial charge in [0.15, 0.2) is 0 Å². The standard InChI is InChI=1S/C15H24N2O/c1-12(16)15(17-10-6-3-7-11-17)13-8-4-5-9-14(13)18-2/h4-5,8-9,12,15H,3,6-7,10-11,16H2,1-2H3. The van der Waals surface area contributed by atoms with Crippen molar-refractivity contribution >= 4 is 0 Å². The van der Waals surface area contributed by atoms with Crippen molar-refractivity contribution in [3.05, 3.63) is 29.8 Å². The molecule has 0 spiro atoms. The molecule has 2 rings (SSSR count). The van der Waals surface area contributed by atoms with Crippen LogP contribution in [0.4, 0.5) is 0 Å². The Bertz CT molecular complexity index is 373. The molecule has 2 N–H and O–H groups in total.